The van der Waals surface area contributed by atoms with Gasteiger partial charge in [0.1, 0.15) is 0 Å². The van der Waals surface area contributed by atoms with Crippen LogP contribution in [0.3, 0.4) is 0 Å². The van der Waals surface area contributed by atoms with Gasteiger partial charge in [0.05, 0.1) is 6.04 Å². The van der Waals surface area contributed by atoms with Gasteiger partial charge in [-0.1, -0.05) is 42.5 Å². The Kier molecular flexibility index (Phi) is 7.45. The first-order chi connectivity index (χ1) is 16.1. The van der Waals surface area contributed by atoms with Gasteiger partial charge in [-0.15, -0.1) is 11.8 Å². The molecule has 0 radical (unpaired) electrons. The van der Waals surface area contributed by atoms with E-state index >= 15 is 0 Å². The second kappa shape index (κ2) is 10.7. The summed E-state index contributed by atoms with van der Waals surface area (Å²) in [6, 6.07) is 22.0. The molecule has 170 valence electrons. The lowest BCUT2D eigenvalue weighted by atomic mass is 9.85. The number of pyridine rings is 1. The van der Waals surface area contributed by atoms with Crippen molar-refractivity contribution in [1.29, 1.82) is 0 Å². The summed E-state index contributed by atoms with van der Waals surface area (Å²) in [5, 5.41) is 6.38. The lowest BCUT2D eigenvalue weighted by Gasteiger charge is -2.30. The minimum atomic E-state index is -0.381. The molecule has 4 rings (SSSR count). The SMILES string of the molecule is CSc1ccc(C[C@@]2(CCC(=O)N[C@@H](c3ccccc3)c3ccncc3)CCC(=O)N2)cc1. The lowest BCUT2D eigenvalue weighted by Crippen LogP contribution is -2.44. The van der Waals surface area contributed by atoms with Crippen LogP contribution in [0.2, 0.25) is 0 Å². The zero-order chi connectivity index (χ0) is 23.1. The van der Waals surface area contributed by atoms with Crippen LogP contribution in [0.4, 0.5) is 0 Å². The molecule has 6 heteroatoms. The van der Waals surface area contributed by atoms with Crippen LogP contribution in [0.15, 0.2) is 84.0 Å². The quantitative estimate of drug-likeness (QED) is 0.456. The van der Waals surface area contributed by atoms with Crippen molar-refractivity contribution in [1.82, 2.24) is 15.6 Å². The van der Waals surface area contributed by atoms with E-state index in [-0.39, 0.29) is 23.4 Å². The number of carbonyl (C=O) groups excluding carboxylic acids is 2. The average Bonchev–Trinajstić information content (AvgIpc) is 3.23. The van der Waals surface area contributed by atoms with Gasteiger partial charge in [-0.25, -0.2) is 0 Å². The van der Waals surface area contributed by atoms with E-state index in [1.807, 2.05) is 42.5 Å². The third-order valence-corrected chi connectivity index (χ3v) is 6.99. The first kappa shape index (κ1) is 23.1. The summed E-state index contributed by atoms with van der Waals surface area (Å²) in [5.41, 5.74) is 2.81. The molecule has 2 N–H and O–H groups in total. The van der Waals surface area contributed by atoms with Gasteiger partial charge < -0.3 is 10.6 Å². The Hall–Kier alpha value is -3.12. The molecule has 2 heterocycles. The van der Waals surface area contributed by atoms with E-state index in [2.05, 4.69) is 46.1 Å². The second-order valence-electron chi connectivity index (χ2n) is 8.55. The van der Waals surface area contributed by atoms with E-state index in [9.17, 15) is 9.59 Å². The molecule has 0 saturated carbocycles. The summed E-state index contributed by atoms with van der Waals surface area (Å²) in [4.78, 5) is 30.5. The molecule has 1 aromatic heterocycles. The Bertz CT molecular complexity index is 1030. The van der Waals surface area contributed by atoms with Crippen molar-refractivity contribution >= 4 is 23.6 Å². The highest BCUT2D eigenvalue weighted by molar-refractivity contribution is 7.98. The van der Waals surface area contributed by atoms with E-state index in [4.69, 9.17) is 0 Å². The maximum absolute atomic E-state index is 13.1. The largest absolute Gasteiger partial charge is 0.350 e. The Morgan fingerprint density at radius 3 is 2.39 bits per heavy atom. The van der Waals surface area contributed by atoms with E-state index in [0.29, 0.717) is 19.3 Å². The molecule has 33 heavy (non-hydrogen) atoms. The molecule has 0 unspecified atom stereocenters. The molecule has 5 nitrogen and oxygen atoms in total. The van der Waals surface area contributed by atoms with Gasteiger partial charge in [-0.05, 0) is 66.5 Å². The van der Waals surface area contributed by atoms with Gasteiger partial charge in [0.15, 0.2) is 0 Å². The van der Waals surface area contributed by atoms with Gasteiger partial charge in [-0.3, -0.25) is 14.6 Å². The number of hydrogen-bond acceptors (Lipinski definition) is 4. The van der Waals surface area contributed by atoms with Crippen LogP contribution in [-0.2, 0) is 16.0 Å². The zero-order valence-corrected chi connectivity index (χ0v) is 19.6. The van der Waals surface area contributed by atoms with Crippen molar-refractivity contribution in [2.75, 3.05) is 6.26 Å². The molecule has 0 bridgehead atoms. The monoisotopic (exact) mass is 459 g/mol. The minimum Gasteiger partial charge on any atom is -0.350 e. The molecule has 2 aromatic carbocycles. The average molecular weight is 460 g/mol. The Balaban J connectivity index is 1.45. The Morgan fingerprint density at radius 1 is 1.06 bits per heavy atom. The van der Waals surface area contributed by atoms with Crippen LogP contribution in [0, 0.1) is 0 Å². The molecule has 1 aliphatic heterocycles. The van der Waals surface area contributed by atoms with Gasteiger partial charge in [0.2, 0.25) is 11.8 Å². The summed E-state index contributed by atoms with van der Waals surface area (Å²) in [7, 11) is 0. The van der Waals surface area contributed by atoms with E-state index in [1.165, 1.54) is 10.5 Å². The molecule has 0 aliphatic carbocycles. The number of carbonyl (C=O) groups is 2. The third kappa shape index (κ3) is 6.02. The predicted molar refractivity (Wildman–Crippen MR) is 132 cm³/mol. The van der Waals surface area contributed by atoms with Crippen molar-refractivity contribution in [2.24, 2.45) is 0 Å². The van der Waals surface area contributed by atoms with Gasteiger partial charge in [0.25, 0.3) is 0 Å². The summed E-state index contributed by atoms with van der Waals surface area (Å²) in [5.74, 6) is 0.0361. The molecule has 1 aliphatic rings. The number of amides is 2. The smallest absolute Gasteiger partial charge is 0.220 e. The summed E-state index contributed by atoms with van der Waals surface area (Å²) in [6.45, 7) is 0. The summed E-state index contributed by atoms with van der Waals surface area (Å²) >= 11 is 1.71. The molecule has 1 saturated heterocycles. The highest BCUT2D eigenvalue weighted by Crippen LogP contribution is 2.30. The predicted octanol–water partition coefficient (Wildman–Crippen LogP) is 4.68. The number of thioether (sulfide) groups is 1. The fraction of sp³-hybridized carbons (Fsp3) is 0.296. The Morgan fingerprint density at radius 2 is 1.76 bits per heavy atom. The van der Waals surface area contributed by atoms with Crippen molar-refractivity contribution in [3.63, 3.8) is 0 Å². The van der Waals surface area contributed by atoms with Crippen LogP contribution in [0.25, 0.3) is 0 Å². The van der Waals surface area contributed by atoms with E-state index in [1.54, 1.807) is 24.2 Å². The van der Waals surface area contributed by atoms with Gasteiger partial charge in [-0.2, -0.15) is 0 Å². The fourth-order valence-electron chi connectivity index (χ4n) is 4.46. The fourth-order valence-corrected chi connectivity index (χ4v) is 4.87. The van der Waals surface area contributed by atoms with Crippen LogP contribution < -0.4 is 10.6 Å². The van der Waals surface area contributed by atoms with Crippen LogP contribution >= 0.6 is 11.8 Å². The second-order valence-corrected chi connectivity index (χ2v) is 9.42. The normalized spacial score (nSPS) is 18.5. The van der Waals surface area contributed by atoms with Crippen LogP contribution in [0.5, 0.6) is 0 Å². The first-order valence-electron chi connectivity index (χ1n) is 11.3. The number of hydrogen-bond donors (Lipinski definition) is 2. The minimum absolute atomic E-state index is 0.0288. The number of nitrogens with zero attached hydrogens (tertiary/aromatic N) is 1. The standard InChI is InChI=1S/C27H29N3O2S/c1-33-23-9-7-20(8-10-23)19-27(16-12-25(32)30-27)15-11-24(31)29-26(21-5-3-2-4-6-21)22-13-17-28-18-14-22/h2-10,13-14,17-18,26H,11-12,15-16,19H2,1H3,(H,29,31)(H,30,32)/t26-,27+/m0/s1. The van der Waals surface area contributed by atoms with Crippen molar-refractivity contribution < 1.29 is 9.59 Å². The van der Waals surface area contributed by atoms with Crippen LogP contribution in [0.1, 0.15) is 48.4 Å². The lowest BCUT2D eigenvalue weighted by molar-refractivity contribution is -0.123. The number of rotatable bonds is 9. The van der Waals surface area contributed by atoms with Gasteiger partial charge >= 0.3 is 0 Å². The maximum atomic E-state index is 13.1. The summed E-state index contributed by atoms with van der Waals surface area (Å²) in [6.07, 6.45) is 8.47. The number of benzene rings is 2. The molecule has 3 aromatic rings. The summed E-state index contributed by atoms with van der Waals surface area (Å²) < 4.78 is 0. The number of aromatic nitrogens is 1. The Labute approximate surface area is 199 Å². The highest BCUT2D eigenvalue weighted by atomic mass is 32.2. The van der Waals surface area contributed by atoms with E-state index < -0.39 is 0 Å². The highest BCUT2D eigenvalue weighted by Gasteiger charge is 2.38. The zero-order valence-electron chi connectivity index (χ0n) is 18.8. The maximum Gasteiger partial charge on any atom is 0.220 e. The van der Waals surface area contributed by atoms with Crippen molar-refractivity contribution in [3.8, 4) is 0 Å². The topological polar surface area (TPSA) is 71.1 Å². The van der Waals surface area contributed by atoms with Crippen molar-refractivity contribution in [3.05, 3.63) is 95.8 Å². The van der Waals surface area contributed by atoms with Crippen molar-refractivity contribution in [2.45, 2.75) is 48.6 Å². The van der Waals surface area contributed by atoms with Crippen LogP contribution in [-0.4, -0.2) is 28.6 Å². The molecule has 2 atom stereocenters. The third-order valence-electron chi connectivity index (χ3n) is 6.25. The molecular formula is C27H29N3O2S. The molecule has 2 amide bonds. The van der Waals surface area contributed by atoms with Gasteiger partial charge in [0, 0.05) is 35.7 Å². The molecule has 0 spiro atoms. The first-order valence-corrected chi connectivity index (χ1v) is 12.5. The molecular weight excluding hydrogens is 430 g/mol. The molecule has 1 fully saturated rings. The number of nitrogens with one attached hydrogen (secondary N) is 2. The van der Waals surface area contributed by atoms with E-state index in [0.717, 1.165) is 24.0 Å².